The van der Waals surface area contributed by atoms with Gasteiger partial charge in [0, 0.05) is 30.2 Å². The molecule has 0 atom stereocenters. The highest BCUT2D eigenvalue weighted by molar-refractivity contribution is 5.33. The summed E-state index contributed by atoms with van der Waals surface area (Å²) < 4.78 is 11.5. The zero-order valence-corrected chi connectivity index (χ0v) is 15.5. The van der Waals surface area contributed by atoms with E-state index in [1.54, 1.807) is 24.3 Å². The molecule has 0 aromatic rings. The van der Waals surface area contributed by atoms with Gasteiger partial charge in [0.25, 0.3) is 0 Å². The van der Waals surface area contributed by atoms with Crippen molar-refractivity contribution in [2.24, 2.45) is 15.8 Å². The van der Waals surface area contributed by atoms with Crippen molar-refractivity contribution in [3.63, 3.8) is 0 Å². The molecule has 0 saturated carbocycles. The first-order chi connectivity index (χ1) is 13.0. The number of hydrogen-bond donors (Lipinski definition) is 0. The summed E-state index contributed by atoms with van der Waals surface area (Å²) in [5.74, 6) is 0. The largest absolute Gasteiger partial charge is 0.360 e. The molecule has 144 valence electrons. The van der Waals surface area contributed by atoms with Crippen LogP contribution in [0.15, 0.2) is 83.0 Å². The van der Waals surface area contributed by atoms with Crippen LogP contribution < -0.4 is 0 Å². The van der Waals surface area contributed by atoms with Crippen LogP contribution in [-0.2, 0) is 9.47 Å². The lowest BCUT2D eigenvalue weighted by atomic mass is 9.96. The van der Waals surface area contributed by atoms with Gasteiger partial charge in [0.1, 0.15) is 13.5 Å². The minimum Gasteiger partial charge on any atom is -0.360 e. The van der Waals surface area contributed by atoms with Crippen LogP contribution in [0.2, 0.25) is 0 Å². The SMILES string of the molecule is CC(C)(COCN1C=CC(=CN=O)C=C1)COCN1C=CC(=CN=O)C=C1. The van der Waals surface area contributed by atoms with Gasteiger partial charge in [-0.1, -0.05) is 13.8 Å². The van der Waals surface area contributed by atoms with Gasteiger partial charge in [-0.05, 0) is 45.8 Å². The average Bonchev–Trinajstić information content (AvgIpc) is 2.65. The minimum atomic E-state index is -0.147. The monoisotopic (exact) mass is 372 g/mol. The summed E-state index contributed by atoms with van der Waals surface area (Å²) in [4.78, 5) is 24.1. The predicted octanol–water partition coefficient (Wildman–Crippen LogP) is 3.95. The van der Waals surface area contributed by atoms with Crippen LogP contribution >= 0.6 is 0 Å². The molecule has 0 spiro atoms. The fraction of sp³-hybridized carbons (Fsp3) is 0.368. The average molecular weight is 372 g/mol. The van der Waals surface area contributed by atoms with E-state index in [4.69, 9.17) is 9.47 Å². The van der Waals surface area contributed by atoms with Crippen LogP contribution in [0.3, 0.4) is 0 Å². The molecular formula is C19H24N4O4. The molecule has 0 unspecified atom stereocenters. The first-order valence-electron chi connectivity index (χ1n) is 8.47. The highest BCUT2D eigenvalue weighted by Crippen LogP contribution is 2.18. The fourth-order valence-corrected chi connectivity index (χ4v) is 2.30. The standard InChI is InChI=1S/C19H24N4O4/c1-19(2,13-26-15-22-7-3-17(4-8-22)11-20-24)14-27-16-23-9-5-18(6-10-23)12-21-25/h3-12H,13-16H2,1-2H3. The van der Waals surface area contributed by atoms with E-state index < -0.39 is 0 Å². The van der Waals surface area contributed by atoms with Crippen molar-refractivity contribution >= 4 is 0 Å². The first kappa shape index (κ1) is 20.5. The van der Waals surface area contributed by atoms with E-state index in [1.807, 2.05) is 34.6 Å². The van der Waals surface area contributed by atoms with Crippen molar-refractivity contribution in [2.45, 2.75) is 13.8 Å². The smallest absolute Gasteiger partial charge is 0.122 e. The van der Waals surface area contributed by atoms with Crippen molar-refractivity contribution < 1.29 is 9.47 Å². The molecule has 0 saturated heterocycles. The molecular weight excluding hydrogens is 348 g/mol. The van der Waals surface area contributed by atoms with Crippen molar-refractivity contribution in [1.29, 1.82) is 0 Å². The summed E-state index contributed by atoms with van der Waals surface area (Å²) in [5.41, 5.74) is 1.35. The Balaban J connectivity index is 1.64. The number of nitrogens with zero attached hydrogens (tertiary/aromatic N) is 4. The zero-order valence-electron chi connectivity index (χ0n) is 15.5. The van der Waals surface area contributed by atoms with Gasteiger partial charge in [0.2, 0.25) is 0 Å². The Bertz CT molecular complexity index is 614. The molecule has 2 heterocycles. The molecule has 2 aliphatic heterocycles. The van der Waals surface area contributed by atoms with Gasteiger partial charge >= 0.3 is 0 Å². The maximum atomic E-state index is 10.2. The number of nitroso groups, excluding NO2 is 2. The third kappa shape index (κ3) is 7.51. The zero-order chi connectivity index (χ0) is 19.5. The Morgan fingerprint density at radius 1 is 0.815 bits per heavy atom. The summed E-state index contributed by atoms with van der Waals surface area (Å²) in [6.45, 7) is 6.04. The van der Waals surface area contributed by atoms with Gasteiger partial charge in [0.05, 0.1) is 25.6 Å². The lowest BCUT2D eigenvalue weighted by molar-refractivity contribution is -0.0359. The van der Waals surface area contributed by atoms with E-state index >= 15 is 0 Å². The van der Waals surface area contributed by atoms with Crippen molar-refractivity contribution in [1.82, 2.24) is 9.80 Å². The molecule has 2 rings (SSSR count). The second-order valence-corrected chi connectivity index (χ2v) is 6.88. The lowest BCUT2D eigenvalue weighted by Crippen LogP contribution is -2.30. The number of rotatable bonds is 10. The van der Waals surface area contributed by atoms with Crippen LogP contribution in [0.4, 0.5) is 0 Å². The van der Waals surface area contributed by atoms with Crippen LogP contribution in [0, 0.1) is 15.2 Å². The van der Waals surface area contributed by atoms with Crippen LogP contribution in [0.5, 0.6) is 0 Å². The summed E-state index contributed by atoms with van der Waals surface area (Å²) in [5, 5.41) is 5.49. The highest BCUT2D eigenvalue weighted by Gasteiger charge is 2.19. The molecule has 0 aromatic carbocycles. The highest BCUT2D eigenvalue weighted by atomic mass is 16.5. The van der Waals surface area contributed by atoms with E-state index in [0.717, 1.165) is 11.1 Å². The first-order valence-corrected chi connectivity index (χ1v) is 8.47. The summed E-state index contributed by atoms with van der Waals surface area (Å²) in [6, 6.07) is 0. The van der Waals surface area contributed by atoms with E-state index in [2.05, 4.69) is 24.2 Å². The van der Waals surface area contributed by atoms with Gasteiger partial charge in [-0.25, -0.2) is 0 Å². The Morgan fingerprint density at radius 2 is 1.19 bits per heavy atom. The Hall–Kier alpha value is -2.84. The van der Waals surface area contributed by atoms with Gasteiger partial charge in [-0.2, -0.15) is 0 Å². The molecule has 27 heavy (non-hydrogen) atoms. The van der Waals surface area contributed by atoms with E-state index in [-0.39, 0.29) is 5.41 Å². The third-order valence-corrected chi connectivity index (χ3v) is 3.70. The summed E-state index contributed by atoms with van der Waals surface area (Å²) in [7, 11) is 0. The second-order valence-electron chi connectivity index (χ2n) is 6.88. The Kier molecular flexibility index (Phi) is 7.84. The quantitative estimate of drug-likeness (QED) is 0.540. The second kappa shape index (κ2) is 10.3. The Morgan fingerprint density at radius 3 is 1.52 bits per heavy atom. The predicted molar refractivity (Wildman–Crippen MR) is 103 cm³/mol. The molecule has 2 aliphatic rings. The van der Waals surface area contributed by atoms with Crippen LogP contribution in [-0.4, -0.2) is 36.5 Å². The molecule has 0 bridgehead atoms. The molecule has 8 heteroatoms. The topological polar surface area (TPSA) is 83.8 Å². The molecule has 0 radical (unpaired) electrons. The van der Waals surface area contributed by atoms with Crippen molar-refractivity contribution in [3.05, 3.63) is 82.5 Å². The van der Waals surface area contributed by atoms with Crippen LogP contribution in [0.25, 0.3) is 0 Å². The molecule has 0 fully saturated rings. The van der Waals surface area contributed by atoms with Gasteiger partial charge in [-0.3, -0.25) is 0 Å². The molecule has 8 nitrogen and oxygen atoms in total. The number of hydrogen-bond acceptors (Lipinski definition) is 8. The van der Waals surface area contributed by atoms with Gasteiger partial charge in [-0.15, -0.1) is 9.81 Å². The Labute approximate surface area is 158 Å². The maximum absolute atomic E-state index is 10.2. The molecule has 0 aromatic heterocycles. The number of allylic oxidation sites excluding steroid dienone is 6. The maximum Gasteiger partial charge on any atom is 0.122 e. The minimum absolute atomic E-state index is 0.147. The molecule has 0 aliphatic carbocycles. The van der Waals surface area contributed by atoms with E-state index in [9.17, 15) is 9.81 Å². The lowest BCUT2D eigenvalue weighted by Gasteiger charge is -2.27. The van der Waals surface area contributed by atoms with E-state index in [1.165, 1.54) is 12.4 Å². The summed E-state index contributed by atoms with van der Waals surface area (Å²) >= 11 is 0. The third-order valence-electron chi connectivity index (χ3n) is 3.70. The van der Waals surface area contributed by atoms with Crippen molar-refractivity contribution in [2.75, 3.05) is 26.7 Å². The molecule has 0 N–H and O–H groups in total. The molecule has 0 amide bonds. The fourth-order valence-electron chi connectivity index (χ4n) is 2.30. The van der Waals surface area contributed by atoms with Gasteiger partial charge in [0.15, 0.2) is 0 Å². The van der Waals surface area contributed by atoms with Crippen molar-refractivity contribution in [3.8, 4) is 0 Å². The van der Waals surface area contributed by atoms with E-state index in [0.29, 0.717) is 26.7 Å². The van der Waals surface area contributed by atoms with Gasteiger partial charge < -0.3 is 19.3 Å². The summed E-state index contributed by atoms with van der Waals surface area (Å²) in [6.07, 6.45) is 17.0. The normalized spacial score (nSPS) is 16.1. The number of ether oxygens (including phenoxy) is 2. The van der Waals surface area contributed by atoms with Crippen LogP contribution in [0.1, 0.15) is 13.8 Å².